The highest BCUT2D eigenvalue weighted by Crippen LogP contribution is 2.52. The Hall–Kier alpha value is -1.77. The summed E-state index contributed by atoms with van der Waals surface area (Å²) in [6.07, 6.45) is 1.95. The standard InChI is InChI=1S/C17H22N2O/c1-4-19(5-2)16(20)17(10-11-17)15-12(3)18-14-9-7-6-8-13(14)15/h6-9,18H,4-5,10-11H2,1-3H3. The molecule has 1 aromatic heterocycles. The van der Waals surface area contributed by atoms with Crippen molar-refractivity contribution in [3.05, 3.63) is 35.5 Å². The number of nitrogens with zero attached hydrogens (tertiary/aromatic N) is 1. The molecule has 1 aliphatic carbocycles. The molecule has 0 radical (unpaired) electrons. The number of para-hydroxylation sites is 1. The molecular formula is C17H22N2O. The lowest BCUT2D eigenvalue weighted by Gasteiger charge is -2.25. The Morgan fingerprint density at radius 3 is 2.50 bits per heavy atom. The van der Waals surface area contributed by atoms with Gasteiger partial charge in [-0.2, -0.15) is 0 Å². The molecule has 1 aliphatic rings. The van der Waals surface area contributed by atoms with E-state index in [0.717, 1.165) is 37.1 Å². The number of aryl methyl sites for hydroxylation is 1. The number of carbonyl (C=O) groups is 1. The third kappa shape index (κ3) is 1.76. The molecule has 1 N–H and O–H groups in total. The highest BCUT2D eigenvalue weighted by molar-refractivity contribution is 5.98. The highest BCUT2D eigenvalue weighted by Gasteiger charge is 2.54. The van der Waals surface area contributed by atoms with E-state index in [1.165, 1.54) is 10.9 Å². The molecule has 3 nitrogen and oxygen atoms in total. The summed E-state index contributed by atoms with van der Waals surface area (Å²) in [5.41, 5.74) is 3.24. The third-order valence-corrected chi connectivity index (χ3v) is 4.58. The summed E-state index contributed by atoms with van der Waals surface area (Å²) in [5, 5.41) is 1.21. The molecule has 2 aromatic rings. The van der Waals surface area contributed by atoms with Crippen molar-refractivity contribution in [2.45, 2.75) is 39.0 Å². The molecule has 0 saturated heterocycles. The zero-order valence-electron chi connectivity index (χ0n) is 12.5. The Bertz CT molecular complexity index is 648. The van der Waals surface area contributed by atoms with Gasteiger partial charge in [-0.25, -0.2) is 0 Å². The van der Waals surface area contributed by atoms with Crippen LogP contribution >= 0.6 is 0 Å². The van der Waals surface area contributed by atoms with Crippen LogP contribution in [0.4, 0.5) is 0 Å². The van der Waals surface area contributed by atoms with Crippen LogP contribution in [-0.2, 0) is 10.2 Å². The quantitative estimate of drug-likeness (QED) is 0.908. The second kappa shape index (κ2) is 4.65. The van der Waals surface area contributed by atoms with Crippen LogP contribution in [0.2, 0.25) is 0 Å². The number of aromatic nitrogens is 1. The van der Waals surface area contributed by atoms with E-state index in [1.54, 1.807) is 0 Å². The lowest BCUT2D eigenvalue weighted by molar-refractivity contribution is -0.133. The molecule has 0 atom stereocenters. The second-order valence-corrected chi connectivity index (χ2v) is 5.73. The monoisotopic (exact) mass is 270 g/mol. The molecule has 20 heavy (non-hydrogen) atoms. The maximum absolute atomic E-state index is 12.9. The van der Waals surface area contributed by atoms with E-state index in [9.17, 15) is 4.79 Å². The van der Waals surface area contributed by atoms with E-state index in [0.29, 0.717) is 5.91 Å². The number of H-pyrrole nitrogens is 1. The van der Waals surface area contributed by atoms with Crippen molar-refractivity contribution in [3.8, 4) is 0 Å². The van der Waals surface area contributed by atoms with Gasteiger partial charge in [-0.15, -0.1) is 0 Å². The third-order valence-electron chi connectivity index (χ3n) is 4.58. The number of likely N-dealkylation sites (N-methyl/N-ethyl adjacent to an activating group) is 1. The Morgan fingerprint density at radius 1 is 1.25 bits per heavy atom. The predicted octanol–water partition coefficient (Wildman–Crippen LogP) is 3.38. The number of aromatic amines is 1. The minimum absolute atomic E-state index is 0.268. The number of benzene rings is 1. The Balaban J connectivity index is 2.11. The molecule has 0 aliphatic heterocycles. The van der Waals surface area contributed by atoms with Crippen molar-refractivity contribution in [2.24, 2.45) is 0 Å². The van der Waals surface area contributed by atoms with Crippen LogP contribution in [0, 0.1) is 6.92 Å². The van der Waals surface area contributed by atoms with E-state index >= 15 is 0 Å². The normalized spacial score (nSPS) is 16.4. The first-order valence-corrected chi connectivity index (χ1v) is 7.51. The molecule has 1 saturated carbocycles. The largest absolute Gasteiger partial charge is 0.358 e. The van der Waals surface area contributed by atoms with Gasteiger partial charge >= 0.3 is 0 Å². The summed E-state index contributed by atoms with van der Waals surface area (Å²) in [6.45, 7) is 7.78. The van der Waals surface area contributed by atoms with E-state index < -0.39 is 0 Å². The molecule has 1 fully saturated rings. The molecule has 1 amide bonds. The highest BCUT2D eigenvalue weighted by atomic mass is 16.2. The van der Waals surface area contributed by atoms with Gasteiger partial charge in [-0.1, -0.05) is 18.2 Å². The first-order valence-electron chi connectivity index (χ1n) is 7.51. The lowest BCUT2D eigenvalue weighted by atomic mass is 9.91. The first kappa shape index (κ1) is 13.2. The molecular weight excluding hydrogens is 248 g/mol. The molecule has 0 unspecified atom stereocenters. The molecule has 0 spiro atoms. The molecule has 3 heteroatoms. The maximum Gasteiger partial charge on any atom is 0.233 e. The van der Waals surface area contributed by atoms with Gasteiger partial charge < -0.3 is 9.88 Å². The molecule has 0 bridgehead atoms. The van der Waals surface area contributed by atoms with Crippen molar-refractivity contribution in [1.29, 1.82) is 0 Å². The molecule has 106 valence electrons. The van der Waals surface area contributed by atoms with Crippen LogP contribution in [0.3, 0.4) is 0 Å². The molecule has 3 rings (SSSR count). The molecule has 1 heterocycles. The van der Waals surface area contributed by atoms with E-state index in [1.807, 2.05) is 11.0 Å². The number of rotatable bonds is 4. The fraction of sp³-hybridized carbons (Fsp3) is 0.471. The number of carbonyl (C=O) groups excluding carboxylic acids is 1. The first-order chi connectivity index (χ1) is 9.64. The van der Waals surface area contributed by atoms with E-state index in [-0.39, 0.29) is 5.41 Å². The Labute approximate surface area is 120 Å². The van der Waals surface area contributed by atoms with Gasteiger partial charge in [0.1, 0.15) is 0 Å². The SMILES string of the molecule is CCN(CC)C(=O)C1(c2c(C)[nH]c3ccccc23)CC1. The average Bonchev–Trinajstić information content (AvgIpc) is 3.17. The van der Waals surface area contributed by atoms with Crippen LogP contribution in [0.15, 0.2) is 24.3 Å². The summed E-state index contributed by atoms with van der Waals surface area (Å²) >= 11 is 0. The zero-order chi connectivity index (χ0) is 14.3. The van der Waals surface area contributed by atoms with E-state index in [2.05, 4.69) is 44.0 Å². The summed E-state index contributed by atoms with van der Waals surface area (Å²) in [4.78, 5) is 18.3. The van der Waals surface area contributed by atoms with Crippen LogP contribution in [0.25, 0.3) is 10.9 Å². The topological polar surface area (TPSA) is 36.1 Å². The fourth-order valence-corrected chi connectivity index (χ4v) is 3.40. The number of fused-ring (bicyclic) bond motifs is 1. The van der Waals surface area contributed by atoms with Gasteiger partial charge in [0.2, 0.25) is 5.91 Å². The Morgan fingerprint density at radius 2 is 1.90 bits per heavy atom. The van der Waals surface area contributed by atoms with Gasteiger partial charge in [-0.05, 0) is 45.2 Å². The van der Waals surface area contributed by atoms with Gasteiger partial charge in [-0.3, -0.25) is 4.79 Å². The number of hydrogen-bond acceptors (Lipinski definition) is 1. The smallest absolute Gasteiger partial charge is 0.233 e. The van der Waals surface area contributed by atoms with Crippen molar-refractivity contribution >= 4 is 16.8 Å². The minimum atomic E-state index is -0.268. The van der Waals surface area contributed by atoms with Gasteiger partial charge in [0.25, 0.3) is 0 Å². The van der Waals surface area contributed by atoms with Crippen LogP contribution in [0.5, 0.6) is 0 Å². The van der Waals surface area contributed by atoms with Crippen molar-refractivity contribution in [3.63, 3.8) is 0 Å². The summed E-state index contributed by atoms with van der Waals surface area (Å²) < 4.78 is 0. The lowest BCUT2D eigenvalue weighted by Crippen LogP contribution is -2.39. The molecule has 1 aromatic carbocycles. The van der Waals surface area contributed by atoms with Gasteiger partial charge in [0, 0.05) is 29.7 Å². The number of nitrogens with one attached hydrogen (secondary N) is 1. The average molecular weight is 270 g/mol. The fourth-order valence-electron chi connectivity index (χ4n) is 3.40. The summed E-state index contributed by atoms with van der Waals surface area (Å²) in [5.74, 6) is 0.301. The van der Waals surface area contributed by atoms with Crippen molar-refractivity contribution < 1.29 is 4.79 Å². The number of hydrogen-bond donors (Lipinski definition) is 1. The van der Waals surface area contributed by atoms with Gasteiger partial charge in [0.05, 0.1) is 5.41 Å². The van der Waals surface area contributed by atoms with Crippen LogP contribution in [-0.4, -0.2) is 28.9 Å². The van der Waals surface area contributed by atoms with Crippen molar-refractivity contribution in [2.75, 3.05) is 13.1 Å². The zero-order valence-corrected chi connectivity index (χ0v) is 12.5. The Kier molecular flexibility index (Phi) is 3.08. The van der Waals surface area contributed by atoms with Crippen molar-refractivity contribution in [1.82, 2.24) is 9.88 Å². The summed E-state index contributed by atoms with van der Waals surface area (Å²) in [7, 11) is 0. The van der Waals surface area contributed by atoms with Gasteiger partial charge in [0.15, 0.2) is 0 Å². The maximum atomic E-state index is 12.9. The predicted molar refractivity (Wildman–Crippen MR) is 81.9 cm³/mol. The minimum Gasteiger partial charge on any atom is -0.358 e. The van der Waals surface area contributed by atoms with E-state index in [4.69, 9.17) is 0 Å². The second-order valence-electron chi connectivity index (χ2n) is 5.73. The summed E-state index contributed by atoms with van der Waals surface area (Å²) in [6, 6.07) is 8.30. The van der Waals surface area contributed by atoms with Crippen LogP contribution < -0.4 is 0 Å². The van der Waals surface area contributed by atoms with Crippen LogP contribution in [0.1, 0.15) is 37.9 Å². The number of amides is 1.